The number of aromatic nitrogens is 5. The van der Waals surface area contributed by atoms with Crippen LogP contribution >= 0.6 is 0 Å². The summed E-state index contributed by atoms with van der Waals surface area (Å²) in [7, 11) is 0. The second-order valence-electron chi connectivity index (χ2n) is 6.77. The minimum atomic E-state index is -0.290. The van der Waals surface area contributed by atoms with Crippen molar-refractivity contribution in [2.24, 2.45) is 0 Å². The first-order valence-electron chi connectivity index (χ1n) is 9.26. The molecule has 0 atom stereocenters. The van der Waals surface area contributed by atoms with Gasteiger partial charge in [-0.3, -0.25) is 9.89 Å². The highest BCUT2D eigenvalue weighted by Crippen LogP contribution is 2.17. The van der Waals surface area contributed by atoms with Gasteiger partial charge in [0.1, 0.15) is 17.0 Å². The van der Waals surface area contributed by atoms with E-state index < -0.39 is 0 Å². The molecule has 0 aliphatic carbocycles. The summed E-state index contributed by atoms with van der Waals surface area (Å²) in [4.78, 5) is 21.4. The Labute approximate surface area is 165 Å². The number of aromatic amines is 1. The van der Waals surface area contributed by atoms with Crippen molar-refractivity contribution in [3.05, 3.63) is 77.7 Å². The van der Waals surface area contributed by atoms with Gasteiger partial charge in [-0.05, 0) is 37.3 Å². The van der Waals surface area contributed by atoms with Crippen LogP contribution in [0.1, 0.15) is 27.9 Å². The number of H-pyrrole nitrogens is 1. The summed E-state index contributed by atoms with van der Waals surface area (Å²) in [5.41, 5.74) is 4.59. The third kappa shape index (κ3) is 3.25. The van der Waals surface area contributed by atoms with Gasteiger partial charge >= 0.3 is 0 Å². The van der Waals surface area contributed by atoms with E-state index in [0.29, 0.717) is 23.7 Å². The number of para-hydroxylation sites is 4. The molecule has 144 valence electrons. The van der Waals surface area contributed by atoms with Gasteiger partial charge in [0.25, 0.3) is 5.91 Å². The van der Waals surface area contributed by atoms with Crippen LogP contribution in [-0.2, 0) is 13.1 Å². The van der Waals surface area contributed by atoms with Gasteiger partial charge in [0.15, 0.2) is 5.58 Å². The Kier molecular flexibility index (Phi) is 4.09. The molecule has 8 heteroatoms. The number of benzene rings is 2. The van der Waals surface area contributed by atoms with Crippen molar-refractivity contribution < 1.29 is 9.21 Å². The normalized spacial score (nSPS) is 11.3. The smallest absolute Gasteiger partial charge is 0.272 e. The monoisotopic (exact) mass is 386 g/mol. The zero-order chi connectivity index (χ0) is 19.8. The van der Waals surface area contributed by atoms with Crippen LogP contribution in [0.15, 0.2) is 59.0 Å². The quantitative estimate of drug-likeness (QED) is 0.483. The number of imidazole rings is 1. The van der Waals surface area contributed by atoms with Crippen molar-refractivity contribution in [3.8, 4) is 0 Å². The molecule has 0 spiro atoms. The number of fused-ring (bicyclic) bond motifs is 2. The largest absolute Gasteiger partial charge is 0.439 e. The number of nitrogens with zero attached hydrogens (tertiary/aromatic N) is 4. The van der Waals surface area contributed by atoms with Crippen LogP contribution in [0.4, 0.5) is 0 Å². The van der Waals surface area contributed by atoms with Gasteiger partial charge in [-0.25, -0.2) is 9.97 Å². The zero-order valence-corrected chi connectivity index (χ0v) is 15.7. The average Bonchev–Trinajstić information content (AvgIpc) is 3.44. The van der Waals surface area contributed by atoms with E-state index in [1.807, 2.05) is 55.5 Å². The summed E-state index contributed by atoms with van der Waals surface area (Å²) in [5, 5.41) is 9.87. The Balaban J connectivity index is 1.29. The van der Waals surface area contributed by atoms with Crippen LogP contribution in [0, 0.1) is 6.92 Å². The standard InChI is InChI=1S/C21H18N6O2/c1-13-23-15-6-2-4-8-18(15)27(13)12-14-10-17(26-25-14)21(28)22-11-20-24-16-7-3-5-9-19(16)29-20/h2-10H,11-12H2,1H3,(H,22,28)(H,25,26). The topological polar surface area (TPSA) is 102 Å². The fourth-order valence-electron chi connectivity index (χ4n) is 3.37. The van der Waals surface area contributed by atoms with Crippen molar-refractivity contribution in [2.45, 2.75) is 20.0 Å². The molecule has 0 bridgehead atoms. The second-order valence-corrected chi connectivity index (χ2v) is 6.77. The maximum absolute atomic E-state index is 12.4. The molecule has 5 rings (SSSR count). The first-order chi connectivity index (χ1) is 14.2. The fourth-order valence-corrected chi connectivity index (χ4v) is 3.37. The summed E-state index contributed by atoms with van der Waals surface area (Å²) >= 11 is 0. The maximum Gasteiger partial charge on any atom is 0.272 e. The van der Waals surface area contributed by atoms with Crippen molar-refractivity contribution in [3.63, 3.8) is 0 Å². The Bertz CT molecular complexity index is 1300. The first kappa shape index (κ1) is 17.2. The van der Waals surface area contributed by atoms with Crippen molar-refractivity contribution in [1.82, 2.24) is 30.0 Å². The lowest BCUT2D eigenvalue weighted by molar-refractivity contribution is 0.0942. The number of hydrogen-bond donors (Lipinski definition) is 2. The van der Waals surface area contributed by atoms with Crippen LogP contribution in [0.5, 0.6) is 0 Å². The zero-order valence-electron chi connectivity index (χ0n) is 15.7. The Morgan fingerprint density at radius 1 is 1.10 bits per heavy atom. The first-order valence-corrected chi connectivity index (χ1v) is 9.26. The molecule has 3 aromatic heterocycles. The summed E-state index contributed by atoms with van der Waals surface area (Å²) in [5.74, 6) is 1.07. The Hall–Kier alpha value is -3.94. The molecule has 0 saturated carbocycles. The highest BCUT2D eigenvalue weighted by Gasteiger charge is 2.14. The van der Waals surface area contributed by atoms with Gasteiger partial charge in [0.2, 0.25) is 5.89 Å². The summed E-state index contributed by atoms with van der Waals surface area (Å²) in [6, 6.07) is 17.2. The Morgan fingerprint density at radius 2 is 1.90 bits per heavy atom. The van der Waals surface area contributed by atoms with Crippen LogP contribution in [0.25, 0.3) is 22.1 Å². The van der Waals surface area contributed by atoms with Crippen molar-refractivity contribution in [2.75, 3.05) is 0 Å². The minimum Gasteiger partial charge on any atom is -0.439 e. The summed E-state index contributed by atoms with van der Waals surface area (Å²) < 4.78 is 7.71. The van der Waals surface area contributed by atoms with Gasteiger partial charge in [-0.1, -0.05) is 24.3 Å². The number of carbonyl (C=O) groups excluding carboxylic acids is 1. The molecule has 29 heavy (non-hydrogen) atoms. The number of carbonyl (C=O) groups is 1. The van der Waals surface area contributed by atoms with Gasteiger partial charge in [0, 0.05) is 0 Å². The van der Waals surface area contributed by atoms with Crippen LogP contribution in [0.2, 0.25) is 0 Å². The van der Waals surface area contributed by atoms with Crippen LogP contribution in [-0.4, -0.2) is 30.6 Å². The maximum atomic E-state index is 12.4. The average molecular weight is 386 g/mol. The summed E-state index contributed by atoms with van der Waals surface area (Å²) in [6.45, 7) is 2.71. The summed E-state index contributed by atoms with van der Waals surface area (Å²) in [6.07, 6.45) is 0. The van der Waals surface area contributed by atoms with E-state index >= 15 is 0 Å². The van der Waals surface area contributed by atoms with E-state index in [-0.39, 0.29) is 12.5 Å². The number of nitrogens with one attached hydrogen (secondary N) is 2. The van der Waals surface area contributed by atoms with Crippen LogP contribution in [0.3, 0.4) is 0 Å². The number of amides is 1. The molecule has 0 saturated heterocycles. The lowest BCUT2D eigenvalue weighted by atomic mass is 10.3. The third-order valence-electron chi connectivity index (χ3n) is 4.78. The molecule has 2 N–H and O–H groups in total. The van der Waals surface area contributed by atoms with E-state index in [4.69, 9.17) is 4.42 Å². The molecule has 3 heterocycles. The highest BCUT2D eigenvalue weighted by molar-refractivity contribution is 5.92. The van der Waals surface area contributed by atoms with Crippen molar-refractivity contribution >= 4 is 28.0 Å². The van der Waals surface area contributed by atoms with Gasteiger partial charge in [-0.2, -0.15) is 5.10 Å². The van der Waals surface area contributed by atoms with E-state index in [2.05, 4.69) is 30.0 Å². The number of aryl methyl sites for hydroxylation is 1. The fraction of sp³-hybridized carbons (Fsp3) is 0.143. The SMILES string of the molecule is Cc1nc2ccccc2n1Cc1cc(C(=O)NCc2nc3ccccc3o2)n[nH]1. The minimum absolute atomic E-state index is 0.195. The van der Waals surface area contributed by atoms with Crippen molar-refractivity contribution in [1.29, 1.82) is 0 Å². The van der Waals surface area contributed by atoms with Gasteiger partial charge < -0.3 is 14.3 Å². The molecule has 0 unspecified atom stereocenters. The van der Waals surface area contributed by atoms with E-state index in [0.717, 1.165) is 28.1 Å². The highest BCUT2D eigenvalue weighted by atomic mass is 16.3. The predicted molar refractivity (Wildman–Crippen MR) is 107 cm³/mol. The number of rotatable bonds is 5. The molecule has 0 aliphatic rings. The molecular weight excluding hydrogens is 368 g/mol. The molecular formula is C21H18N6O2. The second kappa shape index (κ2) is 6.90. The predicted octanol–water partition coefficient (Wildman–Crippen LogP) is 3.19. The molecule has 1 amide bonds. The molecule has 0 radical (unpaired) electrons. The van der Waals surface area contributed by atoms with Crippen LogP contribution < -0.4 is 5.32 Å². The van der Waals surface area contributed by atoms with E-state index in [1.165, 1.54) is 0 Å². The third-order valence-corrected chi connectivity index (χ3v) is 4.78. The lowest BCUT2D eigenvalue weighted by Crippen LogP contribution is -2.23. The molecule has 8 nitrogen and oxygen atoms in total. The molecule has 2 aromatic carbocycles. The Morgan fingerprint density at radius 3 is 2.76 bits per heavy atom. The number of oxazole rings is 1. The van der Waals surface area contributed by atoms with E-state index in [9.17, 15) is 4.79 Å². The molecule has 0 fully saturated rings. The number of hydrogen-bond acceptors (Lipinski definition) is 5. The molecule has 5 aromatic rings. The van der Waals surface area contributed by atoms with E-state index in [1.54, 1.807) is 6.07 Å². The lowest BCUT2D eigenvalue weighted by Gasteiger charge is -2.04. The molecule has 0 aliphatic heterocycles. The van der Waals surface area contributed by atoms with Gasteiger partial charge in [-0.15, -0.1) is 0 Å². The van der Waals surface area contributed by atoms with Gasteiger partial charge in [0.05, 0.1) is 29.8 Å².